The fraction of sp³-hybridized carbons (Fsp3) is 0.576. The van der Waals surface area contributed by atoms with Gasteiger partial charge in [0.05, 0.1) is 11.9 Å². The first-order chi connectivity index (χ1) is 19.3. The zero-order valence-electron chi connectivity index (χ0n) is 25.1. The molecule has 0 heterocycles. The first-order valence-electron chi connectivity index (χ1n) is 15.1. The predicted octanol–water partition coefficient (Wildman–Crippen LogP) is 5.17. The third kappa shape index (κ3) is 6.47. The summed E-state index contributed by atoms with van der Waals surface area (Å²) in [5.74, 6) is 1.76. The maximum Gasteiger partial charge on any atom is 0.244 e. The highest BCUT2D eigenvalue weighted by Crippen LogP contribution is 2.60. The Morgan fingerprint density at radius 1 is 0.902 bits per heavy atom. The van der Waals surface area contributed by atoms with E-state index in [9.17, 15) is 18.0 Å². The molecule has 0 radical (unpaired) electrons. The van der Waals surface area contributed by atoms with Crippen molar-refractivity contribution in [1.29, 1.82) is 0 Å². The molecule has 8 heteroatoms. The lowest BCUT2D eigenvalue weighted by Gasteiger charge is -2.57. The van der Waals surface area contributed by atoms with Crippen molar-refractivity contribution in [3.8, 4) is 0 Å². The maximum absolute atomic E-state index is 13.8. The van der Waals surface area contributed by atoms with E-state index in [1.807, 2.05) is 57.2 Å². The molecule has 0 aliphatic heterocycles. The van der Waals surface area contributed by atoms with E-state index >= 15 is 0 Å². The molecule has 41 heavy (non-hydrogen) atoms. The molecule has 2 amide bonds. The first-order valence-corrected chi connectivity index (χ1v) is 16.9. The Balaban J connectivity index is 1.38. The maximum atomic E-state index is 13.8. The minimum absolute atomic E-state index is 0.0821. The van der Waals surface area contributed by atoms with Gasteiger partial charge in [-0.3, -0.25) is 13.9 Å². The SMILES string of the molecule is Cc1ccc(CN(C(=O)CN(c2ccc(C34CC5CC(CC(C5)C3)C4)cc2)S(C)(=O)=O)C(C)C(=O)NC(C)C)cc1. The standard InChI is InChI=1S/C33H45N3O4S/c1-22(2)34-32(38)24(4)35(20-25-8-6-23(3)7-9-25)31(37)21-36(41(5,39)40)30-12-10-29(11-13-30)33-17-26-14-27(18-33)16-28(15-26)19-33/h6-13,22,24,26-28H,14-21H2,1-5H3,(H,34,38). The second-order valence-corrected chi connectivity index (χ2v) is 15.3. The first kappa shape index (κ1) is 29.6. The van der Waals surface area contributed by atoms with Crippen LogP contribution < -0.4 is 9.62 Å². The average molecular weight is 580 g/mol. The van der Waals surface area contributed by atoms with Gasteiger partial charge in [0.1, 0.15) is 12.6 Å². The molecule has 2 aromatic rings. The van der Waals surface area contributed by atoms with Crippen LogP contribution in [0.1, 0.15) is 76.0 Å². The molecule has 222 valence electrons. The second-order valence-electron chi connectivity index (χ2n) is 13.4. The van der Waals surface area contributed by atoms with Crippen LogP contribution in [-0.2, 0) is 31.6 Å². The lowest BCUT2D eigenvalue weighted by atomic mass is 9.48. The number of hydrogen-bond donors (Lipinski definition) is 1. The number of nitrogens with zero attached hydrogens (tertiary/aromatic N) is 2. The number of carbonyl (C=O) groups excluding carboxylic acids is 2. The highest BCUT2D eigenvalue weighted by molar-refractivity contribution is 7.92. The molecular formula is C33H45N3O4S. The van der Waals surface area contributed by atoms with E-state index in [4.69, 9.17) is 0 Å². The van der Waals surface area contributed by atoms with Crippen LogP contribution in [-0.4, -0.2) is 50.0 Å². The van der Waals surface area contributed by atoms with Crippen LogP contribution in [0.25, 0.3) is 0 Å². The predicted molar refractivity (Wildman–Crippen MR) is 163 cm³/mol. The molecular weight excluding hydrogens is 534 g/mol. The Kier molecular flexibility index (Phi) is 8.25. The molecule has 4 saturated carbocycles. The lowest BCUT2D eigenvalue weighted by molar-refractivity contribution is -0.139. The highest BCUT2D eigenvalue weighted by atomic mass is 32.2. The fourth-order valence-corrected chi connectivity index (χ4v) is 8.79. The molecule has 1 unspecified atom stereocenters. The van der Waals surface area contributed by atoms with E-state index in [1.165, 1.54) is 53.3 Å². The van der Waals surface area contributed by atoms with Crippen LogP contribution in [0.15, 0.2) is 48.5 Å². The molecule has 1 N–H and O–H groups in total. The van der Waals surface area contributed by atoms with Gasteiger partial charge in [-0.25, -0.2) is 8.42 Å². The molecule has 4 bridgehead atoms. The van der Waals surface area contributed by atoms with Gasteiger partial charge < -0.3 is 10.2 Å². The van der Waals surface area contributed by atoms with Gasteiger partial charge in [0.25, 0.3) is 0 Å². The zero-order valence-corrected chi connectivity index (χ0v) is 25.9. The zero-order chi connectivity index (χ0) is 29.5. The van der Waals surface area contributed by atoms with Gasteiger partial charge in [-0.15, -0.1) is 0 Å². The van der Waals surface area contributed by atoms with Gasteiger partial charge >= 0.3 is 0 Å². The molecule has 0 spiro atoms. The van der Waals surface area contributed by atoms with E-state index in [0.29, 0.717) is 5.69 Å². The second kappa shape index (κ2) is 11.4. The summed E-state index contributed by atoms with van der Waals surface area (Å²) in [6, 6.07) is 14.8. The summed E-state index contributed by atoms with van der Waals surface area (Å²) in [6.45, 7) is 7.25. The Hall–Kier alpha value is -2.87. The van der Waals surface area contributed by atoms with E-state index in [2.05, 4.69) is 17.4 Å². The van der Waals surface area contributed by atoms with Crippen molar-refractivity contribution >= 4 is 27.5 Å². The topological polar surface area (TPSA) is 86.8 Å². The monoisotopic (exact) mass is 579 g/mol. The number of rotatable bonds is 10. The number of aryl methyl sites for hydroxylation is 1. The minimum atomic E-state index is -3.76. The lowest BCUT2D eigenvalue weighted by Crippen LogP contribution is -2.52. The number of benzene rings is 2. The van der Waals surface area contributed by atoms with Crippen LogP contribution in [0, 0.1) is 24.7 Å². The number of sulfonamides is 1. The largest absolute Gasteiger partial charge is 0.352 e. The molecule has 6 rings (SSSR count). The van der Waals surface area contributed by atoms with Crippen molar-refractivity contribution in [2.24, 2.45) is 17.8 Å². The van der Waals surface area contributed by atoms with Crippen molar-refractivity contribution in [1.82, 2.24) is 10.2 Å². The van der Waals surface area contributed by atoms with Crippen LogP contribution in [0.3, 0.4) is 0 Å². The highest BCUT2D eigenvalue weighted by Gasteiger charge is 2.51. The van der Waals surface area contributed by atoms with Crippen LogP contribution in [0.4, 0.5) is 5.69 Å². The minimum Gasteiger partial charge on any atom is -0.352 e. The number of anilines is 1. The molecule has 4 aliphatic rings. The normalized spacial score (nSPS) is 25.7. The summed E-state index contributed by atoms with van der Waals surface area (Å²) in [5, 5.41) is 2.88. The Morgan fingerprint density at radius 2 is 1.44 bits per heavy atom. The smallest absolute Gasteiger partial charge is 0.244 e. The van der Waals surface area contributed by atoms with E-state index in [1.54, 1.807) is 6.92 Å². The molecule has 2 aromatic carbocycles. The molecule has 7 nitrogen and oxygen atoms in total. The van der Waals surface area contributed by atoms with Crippen molar-refractivity contribution in [2.75, 3.05) is 17.1 Å². The number of amides is 2. The van der Waals surface area contributed by atoms with E-state index in [-0.39, 0.29) is 30.5 Å². The molecule has 1 atom stereocenters. The van der Waals surface area contributed by atoms with E-state index in [0.717, 1.165) is 35.1 Å². The van der Waals surface area contributed by atoms with Gasteiger partial charge in [-0.2, -0.15) is 0 Å². The Morgan fingerprint density at radius 3 is 1.93 bits per heavy atom. The van der Waals surface area contributed by atoms with Crippen molar-refractivity contribution in [3.63, 3.8) is 0 Å². The fourth-order valence-electron chi connectivity index (χ4n) is 7.94. The van der Waals surface area contributed by atoms with Crippen LogP contribution in [0.2, 0.25) is 0 Å². The van der Waals surface area contributed by atoms with Crippen LogP contribution >= 0.6 is 0 Å². The summed E-state index contributed by atoms with van der Waals surface area (Å²) >= 11 is 0. The van der Waals surface area contributed by atoms with Gasteiger partial charge in [-0.1, -0.05) is 42.0 Å². The van der Waals surface area contributed by atoms with Crippen molar-refractivity contribution in [3.05, 3.63) is 65.2 Å². The molecule has 4 aliphatic carbocycles. The third-order valence-corrected chi connectivity index (χ3v) is 10.7. The summed E-state index contributed by atoms with van der Waals surface area (Å²) in [6.07, 6.45) is 8.94. The van der Waals surface area contributed by atoms with Crippen molar-refractivity contribution in [2.45, 2.75) is 90.3 Å². The van der Waals surface area contributed by atoms with Gasteiger partial charge in [0.2, 0.25) is 21.8 Å². The van der Waals surface area contributed by atoms with Crippen molar-refractivity contribution < 1.29 is 18.0 Å². The number of hydrogen-bond acceptors (Lipinski definition) is 4. The average Bonchev–Trinajstić information content (AvgIpc) is 2.89. The summed E-state index contributed by atoms with van der Waals surface area (Å²) in [7, 11) is -3.76. The van der Waals surface area contributed by atoms with E-state index < -0.39 is 22.0 Å². The Labute approximate surface area is 245 Å². The quantitative estimate of drug-likeness (QED) is 0.421. The molecule has 4 fully saturated rings. The number of nitrogens with one attached hydrogen (secondary N) is 1. The van der Waals surface area contributed by atoms with Gasteiger partial charge in [-0.05, 0) is 113 Å². The Bertz CT molecular complexity index is 1330. The summed E-state index contributed by atoms with van der Waals surface area (Å²) in [4.78, 5) is 28.2. The third-order valence-electron chi connectivity index (χ3n) is 9.56. The number of carbonyl (C=O) groups is 2. The van der Waals surface area contributed by atoms with Crippen LogP contribution in [0.5, 0.6) is 0 Å². The summed E-state index contributed by atoms with van der Waals surface area (Å²) in [5.41, 5.74) is 3.96. The van der Waals surface area contributed by atoms with Gasteiger partial charge in [0.15, 0.2) is 0 Å². The van der Waals surface area contributed by atoms with Gasteiger partial charge in [0, 0.05) is 12.6 Å². The summed E-state index contributed by atoms with van der Waals surface area (Å²) < 4.78 is 27.2. The molecule has 0 aromatic heterocycles. The molecule has 0 saturated heterocycles.